The number of hydrogen-bond acceptors (Lipinski definition) is 3. The Hall–Kier alpha value is -2.56. The third-order valence-electron chi connectivity index (χ3n) is 4.05. The van der Waals surface area contributed by atoms with Gasteiger partial charge in [-0.15, -0.1) is 0 Å². The average Bonchev–Trinajstić information content (AvgIpc) is 2.48. The molecule has 1 atom stereocenters. The molecule has 114 valence electrons. The molecule has 0 saturated carbocycles. The van der Waals surface area contributed by atoms with Gasteiger partial charge in [-0.2, -0.15) is 0 Å². The quantitative estimate of drug-likeness (QED) is 0.867. The van der Waals surface area contributed by atoms with Crippen LogP contribution in [0.5, 0.6) is 0 Å². The van der Waals surface area contributed by atoms with Gasteiger partial charge in [-0.3, -0.25) is 0 Å². The highest BCUT2D eigenvalue weighted by molar-refractivity contribution is 5.87. The number of hydrogen-bond donors (Lipinski definition) is 1. The van der Waals surface area contributed by atoms with Crippen molar-refractivity contribution in [2.45, 2.75) is 26.3 Å². The van der Waals surface area contributed by atoms with Gasteiger partial charge >= 0.3 is 5.97 Å². The van der Waals surface area contributed by atoms with Gasteiger partial charge in [-0.05, 0) is 38.0 Å². The van der Waals surface area contributed by atoms with E-state index in [1.165, 1.54) is 18.2 Å². The average molecular weight is 298 g/mol. The summed E-state index contributed by atoms with van der Waals surface area (Å²) in [5.41, 5.74) is 4.69. The molecule has 0 radical (unpaired) electrons. The van der Waals surface area contributed by atoms with E-state index in [0.717, 1.165) is 17.7 Å². The number of aromatic carboxylic acids is 1. The predicted molar refractivity (Wildman–Crippen MR) is 82.6 cm³/mol. The minimum absolute atomic E-state index is 0.147. The van der Waals surface area contributed by atoms with Gasteiger partial charge in [-0.25, -0.2) is 4.79 Å². The summed E-state index contributed by atoms with van der Waals surface area (Å²) < 4.78 is 2.01. The van der Waals surface area contributed by atoms with Crippen molar-refractivity contribution in [3.8, 4) is 11.3 Å². The molecule has 0 bridgehead atoms. The molecular weight excluding hydrogens is 280 g/mol. The molecule has 0 fully saturated rings. The van der Waals surface area contributed by atoms with E-state index in [1.807, 2.05) is 4.57 Å². The third-order valence-corrected chi connectivity index (χ3v) is 4.05. The zero-order chi connectivity index (χ0) is 15.9. The van der Waals surface area contributed by atoms with Crippen LogP contribution in [0, 0.1) is 6.92 Å². The van der Waals surface area contributed by atoms with Gasteiger partial charge in [0.25, 0.3) is 0 Å². The molecule has 0 amide bonds. The number of pyridine rings is 1. The minimum atomic E-state index is -1.01. The summed E-state index contributed by atoms with van der Waals surface area (Å²) in [4.78, 5) is 16.3. The zero-order valence-electron chi connectivity index (χ0n) is 12.8. The number of carbonyl (C=O) groups is 1. The lowest BCUT2D eigenvalue weighted by Crippen LogP contribution is -2.25. The molecule has 1 aliphatic rings. The normalized spacial score (nSPS) is 16.9. The summed E-state index contributed by atoms with van der Waals surface area (Å²) in [6.07, 6.45) is 2.54. The van der Waals surface area contributed by atoms with E-state index in [1.54, 1.807) is 12.3 Å². The van der Waals surface area contributed by atoms with E-state index < -0.39 is 5.97 Å². The number of nitrogens with zero attached hydrogens (tertiary/aromatic N) is 2. The molecule has 2 aromatic rings. The van der Waals surface area contributed by atoms with Crippen LogP contribution < -0.4 is 5.36 Å². The van der Waals surface area contributed by atoms with E-state index in [9.17, 15) is 9.90 Å². The largest absolute Gasteiger partial charge is 0.478 e. The van der Waals surface area contributed by atoms with Gasteiger partial charge in [0.15, 0.2) is 0 Å². The lowest BCUT2D eigenvalue weighted by molar-refractivity contribution is 0.0692. The number of rotatable bonds is 2. The lowest BCUT2D eigenvalue weighted by Gasteiger charge is -2.29. The Labute approximate surface area is 128 Å². The van der Waals surface area contributed by atoms with Crippen molar-refractivity contribution in [3.05, 3.63) is 52.5 Å². The molecule has 5 nitrogen and oxygen atoms in total. The molecule has 0 saturated heterocycles. The number of benzene rings is 1. The molecule has 1 aliphatic heterocycles. The van der Waals surface area contributed by atoms with Crippen LogP contribution in [0.1, 0.15) is 34.5 Å². The van der Waals surface area contributed by atoms with E-state index in [-0.39, 0.29) is 11.6 Å². The summed E-state index contributed by atoms with van der Waals surface area (Å²) >= 11 is 0. The molecule has 22 heavy (non-hydrogen) atoms. The minimum Gasteiger partial charge on any atom is -0.478 e. The first-order chi connectivity index (χ1) is 10.5. The SMILES string of the molecule is CON=c1cc2n(cc1C(=O)O)C(C)Cc1ccc(C)cc1-2. The fourth-order valence-electron chi connectivity index (χ4n) is 3.00. The van der Waals surface area contributed by atoms with Gasteiger partial charge in [0.1, 0.15) is 18.0 Å². The molecule has 0 aliphatic carbocycles. The fraction of sp³-hybridized carbons (Fsp3) is 0.294. The van der Waals surface area contributed by atoms with Crippen LogP contribution in [0.2, 0.25) is 0 Å². The van der Waals surface area contributed by atoms with Gasteiger partial charge in [-0.1, -0.05) is 22.9 Å². The van der Waals surface area contributed by atoms with Gasteiger partial charge in [0.2, 0.25) is 0 Å². The molecule has 5 heteroatoms. The van der Waals surface area contributed by atoms with Crippen LogP contribution in [0.15, 0.2) is 35.6 Å². The molecule has 3 rings (SSSR count). The highest BCUT2D eigenvalue weighted by Crippen LogP contribution is 2.34. The van der Waals surface area contributed by atoms with Crippen molar-refractivity contribution in [3.63, 3.8) is 0 Å². The van der Waals surface area contributed by atoms with Crippen molar-refractivity contribution in [1.29, 1.82) is 0 Å². The monoisotopic (exact) mass is 298 g/mol. The Morgan fingerprint density at radius 2 is 2.18 bits per heavy atom. The molecule has 1 N–H and O–H groups in total. The van der Waals surface area contributed by atoms with Gasteiger partial charge in [0, 0.05) is 17.8 Å². The van der Waals surface area contributed by atoms with E-state index >= 15 is 0 Å². The van der Waals surface area contributed by atoms with Crippen LogP contribution in [-0.2, 0) is 11.3 Å². The van der Waals surface area contributed by atoms with E-state index in [2.05, 4.69) is 37.2 Å². The zero-order valence-corrected chi connectivity index (χ0v) is 12.8. The van der Waals surface area contributed by atoms with Crippen molar-refractivity contribution in [1.82, 2.24) is 4.57 Å². The maximum Gasteiger partial charge on any atom is 0.339 e. The first kappa shape index (κ1) is 14.4. The third kappa shape index (κ3) is 2.28. The second-order valence-corrected chi connectivity index (χ2v) is 5.66. The Morgan fingerprint density at radius 3 is 2.86 bits per heavy atom. The second-order valence-electron chi connectivity index (χ2n) is 5.66. The summed E-state index contributed by atoms with van der Waals surface area (Å²) in [5, 5.41) is 13.6. The molecular formula is C17H18N2O3. The Morgan fingerprint density at radius 1 is 1.41 bits per heavy atom. The standard InChI is InChI=1S/C17H18N2O3/c1-10-4-5-12-7-11(2)19-9-14(17(20)21)15(18-22-3)8-16(19)13(12)6-10/h4-6,8-9,11H,7H2,1-3H3,(H,20,21). The van der Waals surface area contributed by atoms with Crippen molar-refractivity contribution < 1.29 is 14.7 Å². The van der Waals surface area contributed by atoms with Crippen LogP contribution >= 0.6 is 0 Å². The fourth-order valence-corrected chi connectivity index (χ4v) is 3.00. The molecule has 1 aromatic heterocycles. The van der Waals surface area contributed by atoms with Crippen molar-refractivity contribution in [2.24, 2.45) is 5.16 Å². The highest BCUT2D eigenvalue weighted by atomic mass is 16.6. The summed E-state index contributed by atoms with van der Waals surface area (Å²) in [6, 6.07) is 8.36. The Balaban J connectivity index is 2.34. The van der Waals surface area contributed by atoms with Gasteiger partial charge < -0.3 is 14.5 Å². The smallest absolute Gasteiger partial charge is 0.339 e. The van der Waals surface area contributed by atoms with Crippen LogP contribution in [-0.4, -0.2) is 22.8 Å². The molecule has 0 spiro atoms. The molecule has 1 aromatic carbocycles. The second kappa shape index (κ2) is 5.33. The highest BCUT2D eigenvalue weighted by Gasteiger charge is 2.23. The van der Waals surface area contributed by atoms with E-state index in [4.69, 9.17) is 4.84 Å². The van der Waals surface area contributed by atoms with Crippen LogP contribution in [0.4, 0.5) is 0 Å². The molecule has 2 heterocycles. The summed E-state index contributed by atoms with van der Waals surface area (Å²) in [6.45, 7) is 4.14. The predicted octanol–water partition coefficient (Wildman–Crippen LogP) is 2.74. The van der Waals surface area contributed by atoms with Crippen molar-refractivity contribution in [2.75, 3.05) is 7.11 Å². The maximum atomic E-state index is 11.5. The van der Waals surface area contributed by atoms with Crippen LogP contribution in [0.25, 0.3) is 11.3 Å². The first-order valence-corrected chi connectivity index (χ1v) is 7.18. The van der Waals surface area contributed by atoms with Crippen molar-refractivity contribution >= 4 is 5.97 Å². The number of fused-ring (bicyclic) bond motifs is 3. The maximum absolute atomic E-state index is 11.5. The van der Waals surface area contributed by atoms with Crippen LogP contribution in [0.3, 0.4) is 0 Å². The first-order valence-electron chi connectivity index (χ1n) is 7.18. The number of carboxylic acids is 1. The Bertz CT molecular complexity index is 821. The summed E-state index contributed by atoms with van der Waals surface area (Å²) in [7, 11) is 1.42. The number of carboxylic acid groups (broad SMARTS) is 1. The topological polar surface area (TPSA) is 63.8 Å². The number of aryl methyl sites for hydroxylation is 1. The summed E-state index contributed by atoms with van der Waals surface area (Å²) in [5.74, 6) is -1.01. The molecule has 1 unspecified atom stereocenters. The van der Waals surface area contributed by atoms with Gasteiger partial charge in [0.05, 0.1) is 5.69 Å². The lowest BCUT2D eigenvalue weighted by atomic mass is 9.91. The Kier molecular flexibility index (Phi) is 3.48. The number of aromatic nitrogens is 1. The van der Waals surface area contributed by atoms with E-state index in [0.29, 0.717) is 5.36 Å².